The molecule has 0 fully saturated rings. The molecule has 0 amide bonds. The number of hydrogen-bond donors (Lipinski definition) is 0. The molecule has 0 aliphatic heterocycles. The zero-order chi connectivity index (χ0) is 29.2. The Bertz CT molecular complexity index is 1140. The summed E-state index contributed by atoms with van der Waals surface area (Å²) in [7, 11) is 0. The third-order valence-electron chi connectivity index (χ3n) is 7.91. The van der Waals surface area contributed by atoms with Crippen molar-refractivity contribution in [2.45, 2.75) is 142 Å². The third kappa shape index (κ3) is 13.8. The SMILES string of the molecule is CC(C)(C)OC(=O)CCCCCCCCCCCCCCCCCCCOc1cccc2cc3ccccc3cc12. The van der Waals surface area contributed by atoms with E-state index in [2.05, 4.69) is 54.6 Å². The smallest absolute Gasteiger partial charge is 0.306 e. The first-order chi connectivity index (χ1) is 19.9. The van der Waals surface area contributed by atoms with Gasteiger partial charge >= 0.3 is 5.97 Å². The number of rotatable bonds is 21. The van der Waals surface area contributed by atoms with E-state index in [1.165, 1.54) is 111 Å². The van der Waals surface area contributed by atoms with Crippen LogP contribution in [0.15, 0.2) is 54.6 Å². The molecule has 0 saturated carbocycles. The topological polar surface area (TPSA) is 35.5 Å². The van der Waals surface area contributed by atoms with Crippen LogP contribution < -0.4 is 4.74 Å². The minimum Gasteiger partial charge on any atom is -0.493 e. The molecule has 0 bridgehead atoms. The Morgan fingerprint density at radius 1 is 0.561 bits per heavy atom. The lowest BCUT2D eigenvalue weighted by Crippen LogP contribution is -2.23. The van der Waals surface area contributed by atoms with Gasteiger partial charge in [0, 0.05) is 11.8 Å². The molecule has 3 nitrogen and oxygen atoms in total. The molecule has 0 saturated heterocycles. The van der Waals surface area contributed by atoms with Crippen LogP contribution in [-0.4, -0.2) is 18.2 Å². The fraction of sp³-hybridized carbons (Fsp3) is 0.605. The first-order valence-corrected chi connectivity index (χ1v) is 16.7. The van der Waals surface area contributed by atoms with Gasteiger partial charge in [-0.15, -0.1) is 0 Å². The van der Waals surface area contributed by atoms with Gasteiger partial charge in [-0.25, -0.2) is 0 Å². The molecule has 0 unspecified atom stereocenters. The summed E-state index contributed by atoms with van der Waals surface area (Å²) in [5, 5.41) is 5.02. The lowest BCUT2D eigenvalue weighted by Gasteiger charge is -2.19. The number of carbonyl (C=O) groups excluding carboxylic acids is 1. The largest absolute Gasteiger partial charge is 0.493 e. The normalized spacial score (nSPS) is 11.8. The average molecular weight is 561 g/mol. The van der Waals surface area contributed by atoms with Gasteiger partial charge in [0.15, 0.2) is 0 Å². The first kappa shape index (κ1) is 33.0. The minimum absolute atomic E-state index is 0.0507. The van der Waals surface area contributed by atoms with Crippen molar-refractivity contribution >= 4 is 27.5 Å². The third-order valence-corrected chi connectivity index (χ3v) is 7.91. The van der Waals surface area contributed by atoms with E-state index in [0.29, 0.717) is 6.42 Å². The van der Waals surface area contributed by atoms with Gasteiger partial charge in [-0.2, -0.15) is 0 Å². The Morgan fingerprint density at radius 3 is 1.56 bits per heavy atom. The average Bonchev–Trinajstić information content (AvgIpc) is 2.94. The summed E-state index contributed by atoms with van der Waals surface area (Å²) in [4.78, 5) is 11.7. The van der Waals surface area contributed by atoms with Gasteiger partial charge in [0.25, 0.3) is 0 Å². The maximum Gasteiger partial charge on any atom is 0.306 e. The molecule has 41 heavy (non-hydrogen) atoms. The van der Waals surface area contributed by atoms with Gasteiger partial charge in [-0.05, 0) is 68.0 Å². The predicted molar refractivity (Wildman–Crippen MR) is 176 cm³/mol. The molecule has 0 aromatic heterocycles. The second-order valence-electron chi connectivity index (χ2n) is 12.9. The van der Waals surface area contributed by atoms with Gasteiger partial charge < -0.3 is 9.47 Å². The molecule has 3 aromatic carbocycles. The van der Waals surface area contributed by atoms with Gasteiger partial charge in [-0.1, -0.05) is 133 Å². The molecule has 0 heterocycles. The van der Waals surface area contributed by atoms with Crippen molar-refractivity contribution in [3.8, 4) is 5.75 Å². The van der Waals surface area contributed by atoms with E-state index in [4.69, 9.17) is 9.47 Å². The Kier molecular flexibility index (Phi) is 15.1. The molecule has 0 aliphatic carbocycles. The number of esters is 1. The van der Waals surface area contributed by atoms with Crippen LogP contribution in [-0.2, 0) is 9.53 Å². The van der Waals surface area contributed by atoms with Crippen LogP contribution in [0.4, 0.5) is 0 Å². The summed E-state index contributed by atoms with van der Waals surface area (Å²) < 4.78 is 11.6. The summed E-state index contributed by atoms with van der Waals surface area (Å²) >= 11 is 0. The van der Waals surface area contributed by atoms with E-state index < -0.39 is 0 Å². The Labute approximate surface area is 250 Å². The zero-order valence-electron chi connectivity index (χ0n) is 26.4. The molecule has 0 N–H and O–H groups in total. The lowest BCUT2D eigenvalue weighted by atomic mass is 10.0. The molecule has 0 spiro atoms. The van der Waals surface area contributed by atoms with Crippen molar-refractivity contribution in [2.75, 3.05) is 6.61 Å². The fourth-order valence-corrected chi connectivity index (χ4v) is 5.66. The number of carbonyl (C=O) groups is 1. The lowest BCUT2D eigenvalue weighted by molar-refractivity contribution is -0.154. The van der Waals surface area contributed by atoms with Gasteiger partial charge in [0.05, 0.1) is 6.61 Å². The van der Waals surface area contributed by atoms with Crippen LogP contribution in [0.25, 0.3) is 21.5 Å². The van der Waals surface area contributed by atoms with E-state index in [1.54, 1.807) is 0 Å². The van der Waals surface area contributed by atoms with Crippen LogP contribution in [0.1, 0.15) is 136 Å². The molecular formula is C38H56O3. The number of ether oxygens (including phenoxy) is 2. The van der Waals surface area contributed by atoms with E-state index in [1.807, 2.05) is 20.8 Å². The summed E-state index contributed by atoms with van der Waals surface area (Å²) in [5.74, 6) is 0.964. The summed E-state index contributed by atoms with van der Waals surface area (Å²) in [5.41, 5.74) is -0.357. The Hall–Kier alpha value is -2.55. The van der Waals surface area contributed by atoms with Crippen LogP contribution >= 0.6 is 0 Å². The highest BCUT2D eigenvalue weighted by molar-refractivity contribution is 6.00. The highest BCUT2D eigenvalue weighted by Crippen LogP contribution is 2.30. The van der Waals surface area contributed by atoms with Crippen molar-refractivity contribution in [1.82, 2.24) is 0 Å². The van der Waals surface area contributed by atoms with Crippen molar-refractivity contribution in [2.24, 2.45) is 0 Å². The number of hydrogen-bond acceptors (Lipinski definition) is 3. The second kappa shape index (κ2) is 18.8. The van der Waals surface area contributed by atoms with E-state index in [-0.39, 0.29) is 11.6 Å². The minimum atomic E-state index is -0.357. The van der Waals surface area contributed by atoms with Crippen molar-refractivity contribution < 1.29 is 14.3 Å². The van der Waals surface area contributed by atoms with Crippen LogP contribution in [0.2, 0.25) is 0 Å². The number of unbranched alkanes of at least 4 members (excludes halogenated alkanes) is 16. The molecular weight excluding hydrogens is 504 g/mol. The van der Waals surface area contributed by atoms with Gasteiger partial charge in [-0.3, -0.25) is 4.79 Å². The molecule has 0 atom stereocenters. The molecule has 3 heteroatoms. The highest BCUT2D eigenvalue weighted by Gasteiger charge is 2.15. The van der Waals surface area contributed by atoms with Crippen molar-refractivity contribution in [3.05, 3.63) is 54.6 Å². The maximum atomic E-state index is 11.7. The highest BCUT2D eigenvalue weighted by atomic mass is 16.6. The van der Waals surface area contributed by atoms with Gasteiger partial charge in [0.1, 0.15) is 11.4 Å². The predicted octanol–water partition coefficient (Wildman–Crippen LogP) is 11.7. The monoisotopic (exact) mass is 560 g/mol. The van der Waals surface area contributed by atoms with Crippen molar-refractivity contribution in [1.29, 1.82) is 0 Å². The van der Waals surface area contributed by atoms with E-state index in [0.717, 1.165) is 31.6 Å². The van der Waals surface area contributed by atoms with Crippen LogP contribution in [0, 0.1) is 0 Å². The Morgan fingerprint density at radius 2 is 1.02 bits per heavy atom. The fourth-order valence-electron chi connectivity index (χ4n) is 5.66. The summed E-state index contributed by atoms with van der Waals surface area (Å²) in [6, 6.07) is 19.5. The second-order valence-corrected chi connectivity index (χ2v) is 12.9. The quantitative estimate of drug-likeness (QED) is 0.0738. The molecule has 0 aliphatic rings. The van der Waals surface area contributed by atoms with Crippen LogP contribution in [0.5, 0.6) is 5.75 Å². The Balaban J connectivity index is 1.07. The van der Waals surface area contributed by atoms with Gasteiger partial charge in [0.2, 0.25) is 0 Å². The first-order valence-electron chi connectivity index (χ1n) is 16.7. The molecule has 226 valence electrons. The molecule has 0 radical (unpaired) electrons. The molecule has 3 aromatic rings. The number of benzene rings is 3. The van der Waals surface area contributed by atoms with Crippen molar-refractivity contribution in [3.63, 3.8) is 0 Å². The standard InChI is InChI=1S/C38H56O3/c1-38(2,3)41-37(39)28-19-17-15-13-11-9-7-5-4-6-8-10-12-14-16-18-22-29-40-36-27-23-26-34-30-32-24-20-21-25-33(32)31-35(34)36/h20-21,23-27,30-31H,4-19,22,28-29H2,1-3H3. The molecule has 3 rings (SSSR count). The zero-order valence-corrected chi connectivity index (χ0v) is 26.4. The number of fused-ring (bicyclic) bond motifs is 2. The van der Waals surface area contributed by atoms with E-state index >= 15 is 0 Å². The van der Waals surface area contributed by atoms with Crippen LogP contribution in [0.3, 0.4) is 0 Å². The van der Waals surface area contributed by atoms with E-state index in [9.17, 15) is 4.79 Å². The summed E-state index contributed by atoms with van der Waals surface area (Å²) in [6.07, 6.45) is 22.8. The maximum absolute atomic E-state index is 11.7. The summed E-state index contributed by atoms with van der Waals surface area (Å²) in [6.45, 7) is 6.60.